The summed E-state index contributed by atoms with van der Waals surface area (Å²) in [4.78, 5) is 29.7. The number of rotatable bonds is 4. The number of halogens is 1. The van der Waals surface area contributed by atoms with Crippen molar-refractivity contribution in [1.29, 1.82) is 0 Å². The maximum Gasteiger partial charge on any atom is 0.280 e. The molecule has 0 radical (unpaired) electrons. The zero-order valence-electron chi connectivity index (χ0n) is 17.7. The summed E-state index contributed by atoms with van der Waals surface area (Å²) in [6.45, 7) is 4.96. The van der Waals surface area contributed by atoms with E-state index in [9.17, 15) is 18.0 Å². The predicted octanol–water partition coefficient (Wildman–Crippen LogP) is 3.10. The highest BCUT2D eigenvalue weighted by Crippen LogP contribution is 2.27. The lowest BCUT2D eigenvalue weighted by Gasteiger charge is -2.34. The molecule has 1 aliphatic rings. The van der Waals surface area contributed by atoms with Gasteiger partial charge in [0, 0.05) is 23.7 Å². The van der Waals surface area contributed by atoms with E-state index in [0.717, 1.165) is 11.1 Å². The molecule has 0 saturated carbocycles. The Morgan fingerprint density at radius 3 is 2.56 bits per heavy atom. The number of hydrogen-bond donors (Lipinski definition) is 1. The number of sulfonamides is 1. The van der Waals surface area contributed by atoms with E-state index in [1.54, 1.807) is 12.1 Å². The van der Waals surface area contributed by atoms with Gasteiger partial charge < -0.3 is 0 Å². The van der Waals surface area contributed by atoms with Crippen LogP contribution in [0.2, 0.25) is 5.02 Å². The molecule has 1 aliphatic heterocycles. The first-order chi connectivity index (χ1) is 15.1. The van der Waals surface area contributed by atoms with Gasteiger partial charge in [0.25, 0.3) is 11.5 Å². The van der Waals surface area contributed by atoms with Crippen LogP contribution in [0.5, 0.6) is 0 Å². The first-order valence-corrected chi connectivity index (χ1v) is 12.1. The van der Waals surface area contributed by atoms with E-state index in [1.165, 1.54) is 41.0 Å². The molecule has 32 heavy (non-hydrogen) atoms. The summed E-state index contributed by atoms with van der Waals surface area (Å²) >= 11 is 5.96. The minimum absolute atomic E-state index is 0.0437. The molecular weight excluding hydrogens is 452 g/mol. The van der Waals surface area contributed by atoms with Crippen LogP contribution in [0.4, 0.5) is 0 Å². The fourth-order valence-electron chi connectivity index (χ4n) is 4.10. The molecule has 1 fully saturated rings. The lowest BCUT2D eigenvalue weighted by molar-refractivity contribution is 0.101. The van der Waals surface area contributed by atoms with Crippen LogP contribution in [0.1, 0.15) is 30.6 Å². The molecule has 0 bridgehead atoms. The Hall–Kier alpha value is -2.75. The van der Waals surface area contributed by atoms with Crippen LogP contribution in [0.25, 0.3) is 10.9 Å². The van der Waals surface area contributed by atoms with Gasteiger partial charge in [-0.1, -0.05) is 31.5 Å². The van der Waals surface area contributed by atoms with E-state index < -0.39 is 21.5 Å². The molecule has 1 amide bonds. The van der Waals surface area contributed by atoms with Crippen molar-refractivity contribution in [2.75, 3.05) is 18.5 Å². The molecule has 0 spiro atoms. The Morgan fingerprint density at radius 1 is 1.12 bits per heavy atom. The highest BCUT2D eigenvalue weighted by atomic mass is 35.5. The molecule has 2 heterocycles. The summed E-state index contributed by atoms with van der Waals surface area (Å²) in [6, 6.07) is 10.5. The SMILES string of the molecule is CC1CC(C)CN(S(=O)(=O)c2cccc(C(=O)Nn3cnc4ccc(Cl)cc4c3=O)c2)C1. The van der Waals surface area contributed by atoms with E-state index in [-0.39, 0.29) is 27.7 Å². The number of piperidine rings is 1. The maximum atomic E-state index is 13.2. The zero-order valence-corrected chi connectivity index (χ0v) is 19.2. The fourth-order valence-corrected chi connectivity index (χ4v) is 5.99. The maximum absolute atomic E-state index is 13.2. The van der Waals surface area contributed by atoms with Gasteiger partial charge in [-0.2, -0.15) is 4.31 Å². The Morgan fingerprint density at radius 2 is 1.84 bits per heavy atom. The molecule has 10 heteroatoms. The number of nitrogens with one attached hydrogen (secondary N) is 1. The number of amides is 1. The van der Waals surface area contributed by atoms with E-state index in [4.69, 9.17) is 11.6 Å². The van der Waals surface area contributed by atoms with E-state index >= 15 is 0 Å². The number of benzene rings is 2. The third kappa shape index (κ3) is 4.41. The number of carbonyl (C=O) groups is 1. The molecule has 3 aromatic rings. The summed E-state index contributed by atoms with van der Waals surface area (Å²) < 4.78 is 28.8. The highest BCUT2D eigenvalue weighted by molar-refractivity contribution is 7.89. The van der Waals surface area contributed by atoms with Gasteiger partial charge in [0.05, 0.1) is 15.8 Å². The third-order valence-electron chi connectivity index (χ3n) is 5.51. The average molecular weight is 475 g/mol. The second-order valence-corrected chi connectivity index (χ2v) is 10.7. The lowest BCUT2D eigenvalue weighted by Crippen LogP contribution is -2.42. The van der Waals surface area contributed by atoms with Crippen molar-refractivity contribution in [3.8, 4) is 0 Å². The van der Waals surface area contributed by atoms with Gasteiger partial charge in [0.1, 0.15) is 6.33 Å². The van der Waals surface area contributed by atoms with E-state index in [0.29, 0.717) is 23.6 Å². The Kier molecular flexibility index (Phi) is 6.07. The van der Waals surface area contributed by atoms with Gasteiger partial charge in [0.15, 0.2) is 0 Å². The summed E-state index contributed by atoms with van der Waals surface area (Å²) in [7, 11) is -3.74. The molecular formula is C22H23ClN4O4S. The van der Waals surface area contributed by atoms with Crippen LogP contribution in [-0.4, -0.2) is 41.4 Å². The molecule has 8 nitrogen and oxygen atoms in total. The van der Waals surface area contributed by atoms with Crippen LogP contribution in [0.3, 0.4) is 0 Å². The molecule has 1 N–H and O–H groups in total. The Balaban J connectivity index is 1.61. The first kappa shape index (κ1) is 22.4. The van der Waals surface area contributed by atoms with Gasteiger partial charge in [-0.3, -0.25) is 15.0 Å². The summed E-state index contributed by atoms with van der Waals surface area (Å²) in [6.07, 6.45) is 2.18. The van der Waals surface area contributed by atoms with Crippen molar-refractivity contribution < 1.29 is 13.2 Å². The van der Waals surface area contributed by atoms with Crippen LogP contribution in [-0.2, 0) is 10.0 Å². The highest BCUT2D eigenvalue weighted by Gasteiger charge is 2.32. The predicted molar refractivity (Wildman–Crippen MR) is 123 cm³/mol. The van der Waals surface area contributed by atoms with Crippen LogP contribution < -0.4 is 11.0 Å². The lowest BCUT2D eigenvalue weighted by atomic mass is 9.94. The van der Waals surface area contributed by atoms with Crippen LogP contribution >= 0.6 is 11.6 Å². The monoisotopic (exact) mass is 474 g/mol. The second-order valence-electron chi connectivity index (χ2n) is 8.32. The van der Waals surface area contributed by atoms with Gasteiger partial charge >= 0.3 is 0 Å². The number of hydrogen-bond acceptors (Lipinski definition) is 5. The summed E-state index contributed by atoms with van der Waals surface area (Å²) in [5.74, 6) is -0.103. The molecule has 1 saturated heterocycles. The van der Waals surface area contributed by atoms with Gasteiger partial charge in [-0.15, -0.1) is 0 Å². The van der Waals surface area contributed by atoms with Crippen molar-refractivity contribution in [3.63, 3.8) is 0 Å². The van der Waals surface area contributed by atoms with Crippen molar-refractivity contribution in [2.45, 2.75) is 25.2 Å². The zero-order chi connectivity index (χ0) is 23.0. The number of carbonyl (C=O) groups excluding carboxylic acids is 1. The van der Waals surface area contributed by atoms with Crippen molar-refractivity contribution >= 4 is 38.4 Å². The van der Waals surface area contributed by atoms with Crippen molar-refractivity contribution in [3.05, 3.63) is 69.7 Å². The molecule has 168 valence electrons. The smallest absolute Gasteiger partial charge is 0.267 e. The fraction of sp³-hybridized carbons (Fsp3) is 0.318. The van der Waals surface area contributed by atoms with Gasteiger partial charge in [0.2, 0.25) is 10.0 Å². The average Bonchev–Trinajstić information content (AvgIpc) is 2.75. The first-order valence-electron chi connectivity index (χ1n) is 10.2. The Bertz CT molecular complexity index is 1350. The summed E-state index contributed by atoms with van der Waals surface area (Å²) in [5.41, 5.74) is 2.53. The second kappa shape index (κ2) is 8.65. The van der Waals surface area contributed by atoms with E-state index in [2.05, 4.69) is 10.4 Å². The van der Waals surface area contributed by atoms with Crippen LogP contribution in [0, 0.1) is 11.8 Å². The number of nitrogens with zero attached hydrogens (tertiary/aromatic N) is 3. The molecule has 2 atom stereocenters. The minimum Gasteiger partial charge on any atom is -0.267 e. The van der Waals surface area contributed by atoms with Crippen molar-refractivity contribution in [2.24, 2.45) is 11.8 Å². The Labute approximate surface area is 190 Å². The van der Waals surface area contributed by atoms with Crippen molar-refractivity contribution in [1.82, 2.24) is 14.0 Å². The standard InChI is InChI=1S/C22H23ClN4O4S/c1-14-8-15(2)12-26(11-14)32(30,31)18-5-3-4-16(9-18)21(28)25-27-13-24-20-7-6-17(23)10-19(20)22(27)29/h3-7,9-10,13-15H,8,11-12H2,1-2H3,(H,25,28). The van der Waals surface area contributed by atoms with Gasteiger partial charge in [-0.25, -0.2) is 18.1 Å². The molecule has 4 rings (SSSR count). The molecule has 2 aromatic carbocycles. The largest absolute Gasteiger partial charge is 0.280 e. The summed E-state index contributed by atoms with van der Waals surface area (Å²) in [5, 5.41) is 0.629. The van der Waals surface area contributed by atoms with E-state index in [1.807, 2.05) is 13.8 Å². The normalized spacial score (nSPS) is 19.7. The number of fused-ring (bicyclic) bond motifs is 1. The number of aromatic nitrogens is 2. The minimum atomic E-state index is -3.74. The molecule has 0 aliphatic carbocycles. The molecule has 1 aromatic heterocycles. The van der Waals surface area contributed by atoms with Gasteiger partial charge in [-0.05, 0) is 54.7 Å². The topological polar surface area (TPSA) is 101 Å². The quantitative estimate of drug-likeness (QED) is 0.626. The molecule has 2 unspecified atom stereocenters. The van der Waals surface area contributed by atoms with Crippen LogP contribution in [0.15, 0.2) is 58.5 Å². The third-order valence-corrected chi connectivity index (χ3v) is 7.57.